The predicted octanol–water partition coefficient (Wildman–Crippen LogP) is 4.09. The van der Waals surface area contributed by atoms with E-state index in [0.29, 0.717) is 39.8 Å². The first-order valence-corrected chi connectivity index (χ1v) is 11.6. The fraction of sp³-hybridized carbons (Fsp3) is 0.444. The Morgan fingerprint density at radius 1 is 1.11 bits per heavy atom. The lowest BCUT2D eigenvalue weighted by atomic mass is 9.97. The summed E-state index contributed by atoms with van der Waals surface area (Å²) in [7, 11) is 4.65. The van der Waals surface area contributed by atoms with Gasteiger partial charge in [0.25, 0.3) is 0 Å². The van der Waals surface area contributed by atoms with Gasteiger partial charge in [0.15, 0.2) is 11.5 Å². The molecular formula is C27H40N4O5. The molecule has 2 aromatic carbocycles. The SMILES string of the molecule is CC.CC(C)(CO)NC(=O)CC#N.CCc1ccc(N)c(C(=N)c2cc(OC)c(OC)c(OC)c2)c1. The molecule has 5 N–H and O–H groups in total. The molecule has 0 fully saturated rings. The normalized spacial score (nSPS) is 9.89. The summed E-state index contributed by atoms with van der Waals surface area (Å²) < 4.78 is 16.0. The van der Waals surface area contributed by atoms with E-state index in [0.717, 1.165) is 12.0 Å². The van der Waals surface area contributed by atoms with Crippen molar-refractivity contribution in [3.8, 4) is 23.3 Å². The number of hydrogen-bond donors (Lipinski definition) is 4. The molecule has 198 valence electrons. The van der Waals surface area contributed by atoms with E-state index in [-0.39, 0.29) is 18.9 Å². The number of nitrogen functional groups attached to an aromatic ring is 1. The highest BCUT2D eigenvalue weighted by molar-refractivity contribution is 6.14. The third-order valence-electron chi connectivity index (χ3n) is 4.86. The smallest absolute Gasteiger partial charge is 0.234 e. The summed E-state index contributed by atoms with van der Waals surface area (Å²) in [6.45, 7) is 9.30. The van der Waals surface area contributed by atoms with E-state index in [2.05, 4.69) is 12.2 Å². The predicted molar refractivity (Wildman–Crippen MR) is 143 cm³/mol. The lowest BCUT2D eigenvalue weighted by molar-refractivity contribution is -0.122. The largest absolute Gasteiger partial charge is 0.493 e. The molecule has 0 unspecified atom stereocenters. The number of methoxy groups -OCH3 is 3. The number of aliphatic hydroxyl groups is 1. The summed E-state index contributed by atoms with van der Waals surface area (Å²) in [6.07, 6.45) is 0.721. The molecule has 0 aliphatic rings. The zero-order valence-corrected chi connectivity index (χ0v) is 22.6. The Hall–Kier alpha value is -3.77. The highest BCUT2D eigenvalue weighted by atomic mass is 16.5. The number of benzene rings is 2. The fourth-order valence-electron chi connectivity index (χ4n) is 2.95. The Kier molecular flexibility index (Phi) is 14.3. The molecule has 2 rings (SSSR count). The molecule has 0 saturated carbocycles. The van der Waals surface area contributed by atoms with Gasteiger partial charge in [-0.3, -0.25) is 10.2 Å². The second kappa shape index (κ2) is 16.0. The molecule has 0 aromatic heterocycles. The number of rotatable bonds is 9. The molecule has 0 aliphatic heterocycles. The molecule has 0 aliphatic carbocycles. The van der Waals surface area contributed by atoms with Gasteiger partial charge >= 0.3 is 0 Å². The van der Waals surface area contributed by atoms with Gasteiger partial charge in [-0.25, -0.2) is 0 Å². The van der Waals surface area contributed by atoms with Crippen LogP contribution in [0.25, 0.3) is 0 Å². The summed E-state index contributed by atoms with van der Waals surface area (Å²) in [4.78, 5) is 10.8. The Labute approximate surface area is 214 Å². The molecular weight excluding hydrogens is 460 g/mol. The highest BCUT2D eigenvalue weighted by Crippen LogP contribution is 2.39. The number of amides is 1. The second-order valence-electron chi connectivity index (χ2n) is 7.99. The molecule has 0 bridgehead atoms. The average Bonchev–Trinajstić information content (AvgIpc) is 2.89. The Morgan fingerprint density at radius 2 is 1.67 bits per heavy atom. The van der Waals surface area contributed by atoms with E-state index in [1.54, 1.807) is 53.4 Å². The molecule has 9 heteroatoms. The number of nitrogens with one attached hydrogen (secondary N) is 2. The minimum Gasteiger partial charge on any atom is -0.493 e. The zero-order valence-electron chi connectivity index (χ0n) is 22.6. The highest BCUT2D eigenvalue weighted by Gasteiger charge is 2.19. The summed E-state index contributed by atoms with van der Waals surface area (Å²) in [5, 5.41) is 27.9. The first-order chi connectivity index (χ1) is 17.1. The quantitative estimate of drug-likeness (QED) is 0.299. The number of nitrogens with two attached hydrogens (primary N) is 1. The van der Waals surface area contributed by atoms with Crippen LogP contribution < -0.4 is 25.3 Å². The third kappa shape index (κ3) is 9.47. The second-order valence-corrected chi connectivity index (χ2v) is 7.99. The molecule has 0 heterocycles. The maximum atomic E-state index is 10.8. The van der Waals surface area contributed by atoms with Crippen LogP contribution in [0.4, 0.5) is 5.69 Å². The van der Waals surface area contributed by atoms with Gasteiger partial charge in [0.1, 0.15) is 6.42 Å². The van der Waals surface area contributed by atoms with Gasteiger partial charge in [0, 0.05) is 16.8 Å². The lowest BCUT2D eigenvalue weighted by Crippen LogP contribution is -2.46. The van der Waals surface area contributed by atoms with Crippen LogP contribution in [0.2, 0.25) is 0 Å². The van der Waals surface area contributed by atoms with Gasteiger partial charge in [-0.2, -0.15) is 5.26 Å². The van der Waals surface area contributed by atoms with Crippen molar-refractivity contribution in [1.29, 1.82) is 10.7 Å². The van der Waals surface area contributed by atoms with Crippen molar-refractivity contribution in [2.45, 2.75) is 53.0 Å². The van der Waals surface area contributed by atoms with E-state index in [1.165, 1.54) is 0 Å². The van der Waals surface area contributed by atoms with Gasteiger partial charge in [-0.1, -0.05) is 26.8 Å². The van der Waals surface area contributed by atoms with Crippen molar-refractivity contribution >= 4 is 17.3 Å². The number of nitrogens with zero attached hydrogens (tertiary/aromatic N) is 1. The van der Waals surface area contributed by atoms with Crippen molar-refractivity contribution in [2.24, 2.45) is 0 Å². The maximum absolute atomic E-state index is 10.8. The zero-order chi connectivity index (χ0) is 27.9. The Balaban J connectivity index is 0.000000796. The number of carbonyl (C=O) groups excluding carboxylic acids is 1. The van der Waals surface area contributed by atoms with E-state index < -0.39 is 5.54 Å². The number of hydrogen-bond acceptors (Lipinski definition) is 8. The van der Waals surface area contributed by atoms with Gasteiger partial charge < -0.3 is 30.4 Å². The Bertz CT molecular complexity index is 1020. The molecule has 1 amide bonds. The number of ether oxygens (including phenoxy) is 3. The number of aliphatic hydroxyl groups excluding tert-OH is 1. The van der Waals surface area contributed by atoms with Gasteiger partial charge in [0.2, 0.25) is 11.7 Å². The third-order valence-corrected chi connectivity index (χ3v) is 4.86. The molecule has 2 aromatic rings. The first kappa shape index (κ1) is 32.2. The van der Waals surface area contributed by atoms with Crippen LogP contribution in [-0.2, 0) is 11.2 Å². The van der Waals surface area contributed by atoms with Crippen molar-refractivity contribution in [2.75, 3.05) is 33.7 Å². The monoisotopic (exact) mass is 500 g/mol. The number of carbonyl (C=O) groups is 1. The van der Waals surface area contributed by atoms with Crippen LogP contribution in [0.3, 0.4) is 0 Å². The standard InChI is InChI=1S/C18H22N2O3.C7H12N2O2.C2H6/c1-5-11-6-7-14(19)13(8-11)17(20)12-9-15(21-2)18(23-4)16(10-12)22-3;1-7(2,5-10)9-6(11)3-4-8;1-2/h6-10,20H,5,19H2,1-4H3;10H,3,5H2,1-2H3,(H,9,11);1-2H3. The molecule has 0 radical (unpaired) electrons. The van der Waals surface area contributed by atoms with Gasteiger partial charge in [-0.05, 0) is 50.1 Å². The topological polar surface area (TPSA) is 151 Å². The molecule has 0 saturated heterocycles. The molecule has 36 heavy (non-hydrogen) atoms. The van der Waals surface area contributed by atoms with Crippen LogP contribution in [0.5, 0.6) is 17.2 Å². The fourth-order valence-corrected chi connectivity index (χ4v) is 2.95. The van der Waals surface area contributed by atoms with E-state index in [4.69, 9.17) is 35.7 Å². The summed E-state index contributed by atoms with van der Waals surface area (Å²) in [5.41, 5.74) is 8.78. The van der Waals surface area contributed by atoms with Gasteiger partial charge in [0.05, 0.1) is 45.3 Å². The molecule has 0 atom stereocenters. The van der Waals surface area contributed by atoms with Gasteiger partial charge in [-0.15, -0.1) is 0 Å². The molecule has 9 nitrogen and oxygen atoms in total. The van der Waals surface area contributed by atoms with Crippen LogP contribution in [0.15, 0.2) is 30.3 Å². The van der Waals surface area contributed by atoms with E-state index >= 15 is 0 Å². The Morgan fingerprint density at radius 3 is 2.08 bits per heavy atom. The summed E-state index contributed by atoms with van der Waals surface area (Å²) in [5.74, 6) is 1.17. The van der Waals surface area contributed by atoms with E-state index in [1.807, 2.05) is 32.0 Å². The maximum Gasteiger partial charge on any atom is 0.234 e. The number of aryl methyl sites for hydroxylation is 1. The van der Waals surface area contributed by atoms with Crippen molar-refractivity contribution in [3.05, 3.63) is 47.0 Å². The van der Waals surface area contributed by atoms with Crippen LogP contribution in [0, 0.1) is 16.7 Å². The van der Waals surface area contributed by atoms with E-state index in [9.17, 15) is 4.79 Å². The van der Waals surface area contributed by atoms with Crippen LogP contribution >= 0.6 is 0 Å². The lowest BCUT2D eigenvalue weighted by Gasteiger charge is -2.22. The first-order valence-electron chi connectivity index (χ1n) is 11.6. The number of anilines is 1. The minimum atomic E-state index is -0.631. The summed E-state index contributed by atoms with van der Waals surface area (Å²) in [6, 6.07) is 11.0. The summed E-state index contributed by atoms with van der Waals surface area (Å²) >= 11 is 0. The van der Waals surface area contributed by atoms with Crippen LogP contribution in [0.1, 0.15) is 57.7 Å². The molecule has 0 spiro atoms. The number of nitriles is 1. The van der Waals surface area contributed by atoms with Crippen molar-refractivity contribution in [3.63, 3.8) is 0 Å². The average molecular weight is 501 g/mol. The minimum absolute atomic E-state index is 0.135. The van der Waals surface area contributed by atoms with Crippen LogP contribution in [-0.4, -0.2) is 50.2 Å². The van der Waals surface area contributed by atoms with Crippen molar-refractivity contribution < 1.29 is 24.1 Å². The van der Waals surface area contributed by atoms with Crippen molar-refractivity contribution in [1.82, 2.24) is 5.32 Å².